The Morgan fingerprint density at radius 3 is 2.56 bits per heavy atom. The molecule has 0 atom stereocenters. The van der Waals surface area contributed by atoms with Crippen molar-refractivity contribution in [3.05, 3.63) is 41.1 Å². The Bertz CT molecular complexity index is 874. The number of carbonyl (C=O) groups excluding carboxylic acids is 1. The van der Waals surface area contributed by atoms with E-state index < -0.39 is 5.97 Å². The van der Waals surface area contributed by atoms with Crippen molar-refractivity contribution < 1.29 is 19.1 Å². The van der Waals surface area contributed by atoms with Gasteiger partial charge in [0.15, 0.2) is 5.11 Å². The summed E-state index contributed by atoms with van der Waals surface area (Å²) >= 11 is 11.3. The minimum Gasteiger partial charge on any atom is -0.475 e. The standard InChI is InChI=1S/C19H19ClN2O4S/c20-12-6-7-13(15-8-9-16(26-15)18(24)25)14(10-12)21-19(27)22-17(23)11-4-2-1-3-5-11/h6-11H,1-5H2,(H,24,25)(H2,21,22,23,27). The summed E-state index contributed by atoms with van der Waals surface area (Å²) in [5, 5.41) is 15.4. The second kappa shape index (κ2) is 8.54. The van der Waals surface area contributed by atoms with Gasteiger partial charge in [-0.3, -0.25) is 4.79 Å². The molecule has 3 N–H and O–H groups in total. The van der Waals surface area contributed by atoms with Gasteiger partial charge in [-0.25, -0.2) is 4.79 Å². The summed E-state index contributed by atoms with van der Waals surface area (Å²) in [5.41, 5.74) is 1.10. The van der Waals surface area contributed by atoms with Gasteiger partial charge in [0.05, 0.1) is 5.69 Å². The van der Waals surface area contributed by atoms with Crippen LogP contribution in [-0.4, -0.2) is 22.1 Å². The number of hydrogen-bond donors (Lipinski definition) is 3. The summed E-state index contributed by atoms with van der Waals surface area (Å²) in [6, 6.07) is 7.93. The molecular formula is C19H19ClN2O4S. The molecule has 0 spiro atoms. The van der Waals surface area contributed by atoms with E-state index in [0.717, 1.165) is 25.7 Å². The zero-order chi connectivity index (χ0) is 19.4. The molecule has 2 aromatic rings. The first-order chi connectivity index (χ1) is 12.9. The maximum atomic E-state index is 12.4. The van der Waals surface area contributed by atoms with Gasteiger partial charge in [-0.1, -0.05) is 30.9 Å². The third-order valence-corrected chi connectivity index (χ3v) is 4.96. The van der Waals surface area contributed by atoms with E-state index in [1.807, 2.05) is 0 Å². The Kier molecular flexibility index (Phi) is 6.13. The van der Waals surface area contributed by atoms with Gasteiger partial charge in [0.2, 0.25) is 11.7 Å². The maximum absolute atomic E-state index is 12.4. The Morgan fingerprint density at radius 1 is 1.15 bits per heavy atom. The summed E-state index contributed by atoms with van der Waals surface area (Å²) in [6.07, 6.45) is 5.03. The molecule has 0 radical (unpaired) electrons. The van der Waals surface area contributed by atoms with Crippen molar-refractivity contribution in [3.63, 3.8) is 0 Å². The van der Waals surface area contributed by atoms with E-state index in [0.29, 0.717) is 22.0 Å². The molecule has 3 rings (SSSR count). The second-order valence-electron chi connectivity index (χ2n) is 6.44. The van der Waals surface area contributed by atoms with Gasteiger partial charge >= 0.3 is 5.97 Å². The van der Waals surface area contributed by atoms with Crippen molar-refractivity contribution >= 4 is 46.5 Å². The van der Waals surface area contributed by atoms with Crippen LogP contribution in [0, 0.1) is 5.92 Å². The minimum atomic E-state index is -1.15. The molecule has 0 saturated heterocycles. The third-order valence-electron chi connectivity index (χ3n) is 4.52. The number of carboxylic acid groups (broad SMARTS) is 1. The number of carbonyl (C=O) groups is 2. The van der Waals surface area contributed by atoms with Crippen molar-refractivity contribution in [1.29, 1.82) is 0 Å². The number of benzene rings is 1. The number of rotatable bonds is 4. The number of halogens is 1. The normalized spacial score (nSPS) is 14.6. The van der Waals surface area contributed by atoms with Crippen molar-refractivity contribution in [2.75, 3.05) is 5.32 Å². The SMILES string of the molecule is O=C(O)c1ccc(-c2ccc(Cl)cc2NC(=S)NC(=O)C2CCCCC2)o1. The van der Waals surface area contributed by atoms with Crippen LogP contribution in [0.4, 0.5) is 5.69 Å². The molecule has 0 bridgehead atoms. The largest absolute Gasteiger partial charge is 0.475 e. The van der Waals surface area contributed by atoms with Crippen LogP contribution in [0.2, 0.25) is 5.02 Å². The van der Waals surface area contributed by atoms with E-state index in [1.165, 1.54) is 12.5 Å². The van der Waals surface area contributed by atoms with Crippen LogP contribution in [0.3, 0.4) is 0 Å². The molecule has 1 aromatic heterocycles. The monoisotopic (exact) mass is 406 g/mol. The fourth-order valence-corrected chi connectivity index (χ4v) is 3.55. The van der Waals surface area contributed by atoms with Gasteiger partial charge < -0.3 is 20.2 Å². The molecule has 1 amide bonds. The molecule has 1 aliphatic rings. The fraction of sp³-hybridized carbons (Fsp3) is 0.316. The van der Waals surface area contributed by atoms with Crippen LogP contribution < -0.4 is 10.6 Å². The summed E-state index contributed by atoms with van der Waals surface area (Å²) in [4.78, 5) is 23.4. The van der Waals surface area contributed by atoms with Gasteiger partial charge in [0, 0.05) is 16.5 Å². The summed E-state index contributed by atoms with van der Waals surface area (Å²) in [6.45, 7) is 0. The molecule has 1 aromatic carbocycles. The Morgan fingerprint density at radius 2 is 1.89 bits per heavy atom. The lowest BCUT2D eigenvalue weighted by molar-refractivity contribution is -0.124. The molecular weight excluding hydrogens is 388 g/mol. The highest BCUT2D eigenvalue weighted by Crippen LogP contribution is 2.32. The van der Waals surface area contributed by atoms with E-state index in [9.17, 15) is 9.59 Å². The molecule has 27 heavy (non-hydrogen) atoms. The highest BCUT2D eigenvalue weighted by Gasteiger charge is 2.22. The molecule has 8 heteroatoms. The fourth-order valence-electron chi connectivity index (χ4n) is 3.16. The minimum absolute atomic E-state index is 0.0134. The van der Waals surface area contributed by atoms with Gasteiger partial charge in [0.25, 0.3) is 0 Å². The van der Waals surface area contributed by atoms with Crippen LogP contribution in [0.25, 0.3) is 11.3 Å². The number of anilines is 1. The number of carboxylic acids is 1. The molecule has 1 aliphatic carbocycles. The number of nitrogens with one attached hydrogen (secondary N) is 2. The number of thiocarbonyl (C=S) groups is 1. The third kappa shape index (κ3) is 4.87. The van der Waals surface area contributed by atoms with Crippen LogP contribution in [0.1, 0.15) is 42.7 Å². The quantitative estimate of drug-likeness (QED) is 0.638. The predicted molar refractivity (Wildman–Crippen MR) is 107 cm³/mol. The number of furan rings is 1. The van der Waals surface area contributed by atoms with Crippen molar-refractivity contribution in [2.45, 2.75) is 32.1 Å². The van der Waals surface area contributed by atoms with Crippen LogP contribution in [-0.2, 0) is 4.79 Å². The molecule has 142 valence electrons. The van der Waals surface area contributed by atoms with Crippen LogP contribution >= 0.6 is 23.8 Å². The highest BCUT2D eigenvalue weighted by molar-refractivity contribution is 7.80. The summed E-state index contributed by atoms with van der Waals surface area (Å²) in [7, 11) is 0. The zero-order valence-electron chi connectivity index (χ0n) is 14.5. The molecule has 1 heterocycles. The molecule has 1 fully saturated rings. The zero-order valence-corrected chi connectivity index (χ0v) is 16.0. The van der Waals surface area contributed by atoms with E-state index in [4.69, 9.17) is 33.3 Å². The highest BCUT2D eigenvalue weighted by atomic mass is 35.5. The van der Waals surface area contributed by atoms with Crippen molar-refractivity contribution in [2.24, 2.45) is 5.92 Å². The molecule has 0 aliphatic heterocycles. The summed E-state index contributed by atoms with van der Waals surface area (Å²) < 4.78 is 5.36. The molecule has 0 unspecified atom stereocenters. The predicted octanol–water partition coefficient (Wildman–Crippen LogP) is 4.69. The summed E-state index contributed by atoms with van der Waals surface area (Å²) in [5.74, 6) is -1.06. The van der Waals surface area contributed by atoms with Gasteiger partial charge in [0.1, 0.15) is 5.76 Å². The van der Waals surface area contributed by atoms with Gasteiger partial charge in [-0.15, -0.1) is 0 Å². The molecule has 6 nitrogen and oxygen atoms in total. The first-order valence-corrected chi connectivity index (χ1v) is 9.47. The second-order valence-corrected chi connectivity index (χ2v) is 7.28. The van der Waals surface area contributed by atoms with E-state index in [2.05, 4.69) is 10.6 Å². The Labute approximate surface area is 166 Å². The Hall–Kier alpha value is -2.38. The van der Waals surface area contributed by atoms with Crippen molar-refractivity contribution in [3.8, 4) is 11.3 Å². The molecule has 1 saturated carbocycles. The number of amides is 1. The lowest BCUT2D eigenvalue weighted by atomic mass is 9.89. The van der Waals surface area contributed by atoms with Crippen LogP contribution in [0.15, 0.2) is 34.7 Å². The Balaban J connectivity index is 1.75. The first-order valence-electron chi connectivity index (χ1n) is 8.69. The number of hydrogen-bond acceptors (Lipinski definition) is 4. The average molecular weight is 407 g/mol. The lowest BCUT2D eigenvalue weighted by Crippen LogP contribution is -2.39. The van der Waals surface area contributed by atoms with Gasteiger partial charge in [-0.2, -0.15) is 0 Å². The average Bonchev–Trinajstić information content (AvgIpc) is 3.12. The van der Waals surface area contributed by atoms with E-state index >= 15 is 0 Å². The van der Waals surface area contributed by atoms with Crippen LogP contribution in [0.5, 0.6) is 0 Å². The topological polar surface area (TPSA) is 91.6 Å². The van der Waals surface area contributed by atoms with Crippen molar-refractivity contribution in [1.82, 2.24) is 5.32 Å². The van der Waals surface area contributed by atoms with E-state index in [-0.39, 0.29) is 22.7 Å². The van der Waals surface area contributed by atoms with E-state index in [1.54, 1.807) is 24.3 Å². The maximum Gasteiger partial charge on any atom is 0.371 e. The first kappa shape index (κ1) is 19.4. The number of aromatic carboxylic acids is 1. The van der Waals surface area contributed by atoms with Gasteiger partial charge in [-0.05, 0) is 55.4 Å². The smallest absolute Gasteiger partial charge is 0.371 e. The lowest BCUT2D eigenvalue weighted by Gasteiger charge is -2.21.